The van der Waals surface area contributed by atoms with Crippen LogP contribution in [0.5, 0.6) is 0 Å². The average molecular weight is 621 g/mol. The second-order valence-corrected chi connectivity index (χ2v) is 13.6. The van der Waals surface area contributed by atoms with E-state index in [1.165, 1.54) is 83.5 Å². The number of carbonyl (C=O) groups excluding carboxylic acids is 2. The van der Waals surface area contributed by atoms with Crippen LogP contribution < -0.4 is 0 Å². The summed E-state index contributed by atoms with van der Waals surface area (Å²) in [7, 11) is -4.74. The minimum atomic E-state index is -4.74. The molecule has 2 N–H and O–H groups in total. The highest BCUT2D eigenvalue weighted by molar-refractivity contribution is 7.46. The Bertz CT molecular complexity index is 696. The first-order valence-electron chi connectivity index (χ1n) is 17.1. The molecule has 0 aliphatic heterocycles. The molecule has 8 nitrogen and oxygen atoms in total. The van der Waals surface area contributed by atoms with Gasteiger partial charge in [-0.05, 0) is 24.7 Å². The van der Waals surface area contributed by atoms with E-state index in [1.54, 1.807) is 0 Å². The molecule has 0 rings (SSSR count). The third kappa shape index (κ3) is 29.1. The number of esters is 2. The van der Waals surface area contributed by atoms with Gasteiger partial charge in [-0.25, -0.2) is 4.57 Å². The average Bonchev–Trinajstić information content (AvgIpc) is 2.95. The number of hydrogen-bond acceptors (Lipinski definition) is 6. The molecule has 9 heteroatoms. The minimum absolute atomic E-state index is 0.216. The van der Waals surface area contributed by atoms with Crippen LogP contribution in [-0.2, 0) is 28.2 Å². The molecule has 3 atom stereocenters. The van der Waals surface area contributed by atoms with Crippen molar-refractivity contribution in [1.82, 2.24) is 0 Å². The van der Waals surface area contributed by atoms with E-state index in [0.29, 0.717) is 6.42 Å². The first-order valence-corrected chi connectivity index (χ1v) is 18.7. The SMILES string of the molecule is CCC(C)CCCCCCCCCCCCC(=O)O[C@H](COC(=O)CCCCCCCCC(C)CC)COP(=O)(O)O. The van der Waals surface area contributed by atoms with Crippen LogP contribution >= 0.6 is 7.82 Å². The fourth-order valence-corrected chi connectivity index (χ4v) is 5.21. The number of hydrogen-bond donors (Lipinski definition) is 2. The highest BCUT2D eigenvalue weighted by Crippen LogP contribution is 2.36. The molecule has 0 aromatic rings. The van der Waals surface area contributed by atoms with Crippen molar-refractivity contribution in [1.29, 1.82) is 0 Å². The summed E-state index contributed by atoms with van der Waals surface area (Å²) in [6.07, 6.45) is 22.6. The van der Waals surface area contributed by atoms with Crippen molar-refractivity contribution in [3.8, 4) is 0 Å². The summed E-state index contributed by atoms with van der Waals surface area (Å²) in [5.41, 5.74) is 0. The Labute approximate surface area is 257 Å². The van der Waals surface area contributed by atoms with Gasteiger partial charge in [-0.15, -0.1) is 0 Å². The molecule has 0 aromatic heterocycles. The maximum absolute atomic E-state index is 12.3. The van der Waals surface area contributed by atoms with Crippen LogP contribution in [0.25, 0.3) is 0 Å². The van der Waals surface area contributed by atoms with Gasteiger partial charge in [0, 0.05) is 12.8 Å². The maximum atomic E-state index is 12.3. The van der Waals surface area contributed by atoms with Gasteiger partial charge in [-0.1, -0.05) is 143 Å². The quantitative estimate of drug-likeness (QED) is 0.0463. The first-order chi connectivity index (χ1) is 20.1. The van der Waals surface area contributed by atoms with E-state index in [9.17, 15) is 14.2 Å². The lowest BCUT2D eigenvalue weighted by Gasteiger charge is -2.18. The Morgan fingerprint density at radius 1 is 0.595 bits per heavy atom. The fraction of sp³-hybridized carbons (Fsp3) is 0.939. The van der Waals surface area contributed by atoms with Gasteiger partial charge in [0.15, 0.2) is 6.10 Å². The van der Waals surface area contributed by atoms with Crippen LogP contribution in [0.3, 0.4) is 0 Å². The summed E-state index contributed by atoms with van der Waals surface area (Å²) < 4.78 is 26.2. The predicted octanol–water partition coefficient (Wildman–Crippen LogP) is 9.44. The van der Waals surface area contributed by atoms with Crippen LogP contribution in [0.4, 0.5) is 0 Å². The number of phosphoric ester groups is 1. The van der Waals surface area contributed by atoms with Crippen LogP contribution in [0, 0.1) is 11.8 Å². The second kappa shape index (κ2) is 27.6. The molecule has 0 radical (unpaired) electrons. The Balaban J connectivity index is 4.01. The predicted molar refractivity (Wildman–Crippen MR) is 170 cm³/mol. The molecule has 0 aliphatic carbocycles. The summed E-state index contributed by atoms with van der Waals surface area (Å²) >= 11 is 0. The second-order valence-electron chi connectivity index (χ2n) is 12.3. The molecule has 0 bridgehead atoms. The van der Waals surface area contributed by atoms with Gasteiger partial charge in [-0.3, -0.25) is 14.1 Å². The van der Waals surface area contributed by atoms with Crippen molar-refractivity contribution in [3.05, 3.63) is 0 Å². The van der Waals surface area contributed by atoms with E-state index in [2.05, 4.69) is 32.2 Å². The van der Waals surface area contributed by atoms with Crippen molar-refractivity contribution in [2.75, 3.05) is 13.2 Å². The van der Waals surface area contributed by atoms with Crippen molar-refractivity contribution in [3.63, 3.8) is 0 Å². The summed E-state index contributed by atoms with van der Waals surface area (Å²) in [5, 5.41) is 0. The Hall–Kier alpha value is -0.950. The summed E-state index contributed by atoms with van der Waals surface area (Å²) in [6, 6.07) is 0. The molecule has 250 valence electrons. The van der Waals surface area contributed by atoms with Gasteiger partial charge < -0.3 is 19.3 Å². The van der Waals surface area contributed by atoms with E-state index in [1.807, 2.05) is 0 Å². The molecular formula is C33H65O8P. The molecule has 0 spiro atoms. The molecule has 42 heavy (non-hydrogen) atoms. The molecule has 0 aliphatic rings. The van der Waals surface area contributed by atoms with Crippen LogP contribution in [0.2, 0.25) is 0 Å². The highest BCUT2D eigenvalue weighted by Gasteiger charge is 2.22. The number of unbranched alkanes of at least 4 members (excludes halogenated alkanes) is 14. The van der Waals surface area contributed by atoms with Crippen LogP contribution in [-0.4, -0.2) is 41.0 Å². The topological polar surface area (TPSA) is 119 Å². The number of phosphoric acid groups is 1. The van der Waals surface area contributed by atoms with Gasteiger partial charge in [0.25, 0.3) is 0 Å². The van der Waals surface area contributed by atoms with E-state index in [4.69, 9.17) is 19.3 Å². The summed E-state index contributed by atoms with van der Waals surface area (Å²) in [5.74, 6) is 0.757. The Kier molecular flexibility index (Phi) is 27.0. The molecule has 0 saturated heterocycles. The maximum Gasteiger partial charge on any atom is 0.469 e. The van der Waals surface area contributed by atoms with Gasteiger partial charge in [0.1, 0.15) is 6.61 Å². The summed E-state index contributed by atoms with van der Waals surface area (Å²) in [6.45, 7) is 8.29. The van der Waals surface area contributed by atoms with Crippen molar-refractivity contribution < 1.29 is 37.9 Å². The molecule has 0 aromatic carbocycles. The van der Waals surface area contributed by atoms with E-state index in [-0.39, 0.29) is 19.4 Å². The monoisotopic (exact) mass is 620 g/mol. The number of rotatable bonds is 30. The lowest BCUT2D eigenvalue weighted by atomic mass is 9.99. The van der Waals surface area contributed by atoms with Gasteiger partial charge in [-0.2, -0.15) is 0 Å². The Morgan fingerprint density at radius 3 is 1.38 bits per heavy atom. The van der Waals surface area contributed by atoms with Gasteiger partial charge in [0.05, 0.1) is 6.61 Å². The lowest BCUT2D eigenvalue weighted by molar-refractivity contribution is -0.161. The van der Waals surface area contributed by atoms with Gasteiger partial charge >= 0.3 is 19.8 Å². The third-order valence-corrected chi connectivity index (χ3v) is 8.69. The van der Waals surface area contributed by atoms with Crippen molar-refractivity contribution >= 4 is 19.8 Å². The smallest absolute Gasteiger partial charge is 0.462 e. The number of ether oxygens (including phenoxy) is 2. The Morgan fingerprint density at radius 2 is 0.976 bits per heavy atom. The van der Waals surface area contributed by atoms with Crippen LogP contribution in [0.1, 0.15) is 169 Å². The zero-order valence-electron chi connectivity index (χ0n) is 27.5. The largest absolute Gasteiger partial charge is 0.469 e. The zero-order valence-corrected chi connectivity index (χ0v) is 28.4. The third-order valence-electron chi connectivity index (χ3n) is 8.21. The van der Waals surface area contributed by atoms with Gasteiger partial charge in [0.2, 0.25) is 0 Å². The van der Waals surface area contributed by atoms with Crippen molar-refractivity contribution in [2.45, 2.75) is 175 Å². The molecule has 2 unspecified atom stereocenters. The summed E-state index contributed by atoms with van der Waals surface area (Å²) in [4.78, 5) is 42.5. The fourth-order valence-electron chi connectivity index (χ4n) is 4.85. The molecule has 0 heterocycles. The molecule has 0 amide bonds. The first kappa shape index (κ1) is 41.0. The normalized spacial score (nSPS) is 14.0. The number of carbonyl (C=O) groups is 2. The standard InChI is InChI=1S/C33H65O8P/c1-5-29(3)23-19-15-11-9-7-8-10-12-18-22-26-33(35)41-31(28-40-42(36,37)38)27-39-32(34)25-21-17-14-13-16-20-24-30(4)6-2/h29-31H,5-28H2,1-4H3,(H2,36,37,38)/t29?,30?,31-/m1/s1. The van der Waals surface area contributed by atoms with Crippen LogP contribution in [0.15, 0.2) is 0 Å². The van der Waals surface area contributed by atoms with E-state index < -0.39 is 32.5 Å². The molecule has 0 fully saturated rings. The zero-order chi connectivity index (χ0) is 31.5. The van der Waals surface area contributed by atoms with E-state index in [0.717, 1.165) is 50.4 Å². The lowest BCUT2D eigenvalue weighted by Crippen LogP contribution is -2.29. The highest BCUT2D eigenvalue weighted by atomic mass is 31.2. The van der Waals surface area contributed by atoms with E-state index >= 15 is 0 Å². The molecular weight excluding hydrogens is 555 g/mol. The van der Waals surface area contributed by atoms with Crippen molar-refractivity contribution in [2.24, 2.45) is 11.8 Å². The molecule has 0 saturated carbocycles. The minimum Gasteiger partial charge on any atom is -0.462 e.